The van der Waals surface area contributed by atoms with Gasteiger partial charge in [0.2, 0.25) is 12.3 Å². The molecule has 0 spiro atoms. The molecule has 1 saturated heterocycles. The summed E-state index contributed by atoms with van der Waals surface area (Å²) in [4.78, 5) is 36.6. The molecule has 1 aliphatic heterocycles. The standard InChI is InChI=1S/C18H25N3O3/c1-13(2)17(23)19-10-14-4-3-9-21(11-14)18(24)15-5-7-16(8-6-15)20-12-22/h5-8,12-14H,3-4,9-11H2,1-2H3,(H,19,23)(H,20,22). The predicted octanol–water partition coefficient (Wildman–Crippen LogP) is 1.88. The Morgan fingerprint density at radius 1 is 1.29 bits per heavy atom. The number of nitrogens with one attached hydrogen (secondary N) is 2. The van der Waals surface area contributed by atoms with E-state index >= 15 is 0 Å². The number of piperidine rings is 1. The van der Waals surface area contributed by atoms with Gasteiger partial charge < -0.3 is 15.5 Å². The van der Waals surface area contributed by atoms with E-state index in [9.17, 15) is 14.4 Å². The van der Waals surface area contributed by atoms with Crippen molar-refractivity contribution in [3.05, 3.63) is 29.8 Å². The van der Waals surface area contributed by atoms with Crippen LogP contribution in [0.2, 0.25) is 0 Å². The van der Waals surface area contributed by atoms with Crippen molar-refractivity contribution in [1.82, 2.24) is 10.2 Å². The summed E-state index contributed by atoms with van der Waals surface area (Å²) in [5.74, 6) is 0.315. The van der Waals surface area contributed by atoms with Crippen LogP contribution in [0, 0.1) is 11.8 Å². The minimum absolute atomic E-state index is 0.00691. The molecule has 1 aromatic rings. The number of nitrogens with zero attached hydrogens (tertiary/aromatic N) is 1. The first-order valence-corrected chi connectivity index (χ1v) is 8.38. The van der Waals surface area contributed by atoms with Crippen LogP contribution < -0.4 is 10.6 Å². The number of hydrogen-bond donors (Lipinski definition) is 2. The van der Waals surface area contributed by atoms with Gasteiger partial charge in [0.05, 0.1) is 0 Å². The number of hydrogen-bond acceptors (Lipinski definition) is 3. The molecule has 24 heavy (non-hydrogen) atoms. The van der Waals surface area contributed by atoms with Crippen LogP contribution in [0.5, 0.6) is 0 Å². The highest BCUT2D eigenvalue weighted by molar-refractivity contribution is 5.94. The Morgan fingerprint density at radius 2 is 2.00 bits per heavy atom. The fourth-order valence-corrected chi connectivity index (χ4v) is 2.82. The van der Waals surface area contributed by atoms with Gasteiger partial charge in [-0.2, -0.15) is 0 Å². The van der Waals surface area contributed by atoms with E-state index in [4.69, 9.17) is 0 Å². The molecule has 2 rings (SSSR count). The Morgan fingerprint density at radius 3 is 2.62 bits per heavy atom. The third-order valence-corrected chi connectivity index (χ3v) is 4.25. The van der Waals surface area contributed by atoms with Crippen LogP contribution in [0.25, 0.3) is 0 Å². The lowest BCUT2D eigenvalue weighted by atomic mass is 9.97. The highest BCUT2D eigenvalue weighted by atomic mass is 16.2. The lowest BCUT2D eigenvalue weighted by Crippen LogP contribution is -2.44. The number of benzene rings is 1. The van der Waals surface area contributed by atoms with Crippen molar-refractivity contribution in [2.45, 2.75) is 26.7 Å². The highest BCUT2D eigenvalue weighted by Crippen LogP contribution is 2.19. The second-order valence-corrected chi connectivity index (χ2v) is 6.50. The molecule has 3 amide bonds. The summed E-state index contributed by atoms with van der Waals surface area (Å²) in [7, 11) is 0. The zero-order valence-corrected chi connectivity index (χ0v) is 14.2. The number of amides is 3. The topological polar surface area (TPSA) is 78.5 Å². The minimum Gasteiger partial charge on any atom is -0.356 e. The minimum atomic E-state index is -0.0233. The lowest BCUT2D eigenvalue weighted by Gasteiger charge is -2.33. The van der Waals surface area contributed by atoms with Gasteiger partial charge >= 0.3 is 0 Å². The number of likely N-dealkylation sites (tertiary alicyclic amines) is 1. The second kappa shape index (κ2) is 8.47. The van der Waals surface area contributed by atoms with Gasteiger partial charge in [0, 0.05) is 36.8 Å². The fourth-order valence-electron chi connectivity index (χ4n) is 2.82. The molecule has 1 atom stereocenters. The first kappa shape index (κ1) is 18.0. The van der Waals surface area contributed by atoms with E-state index in [0.717, 1.165) is 19.4 Å². The lowest BCUT2D eigenvalue weighted by molar-refractivity contribution is -0.124. The van der Waals surface area contributed by atoms with Gasteiger partial charge in [-0.15, -0.1) is 0 Å². The zero-order chi connectivity index (χ0) is 17.5. The highest BCUT2D eigenvalue weighted by Gasteiger charge is 2.25. The summed E-state index contributed by atoms with van der Waals surface area (Å²) >= 11 is 0. The number of rotatable bonds is 6. The molecule has 6 nitrogen and oxygen atoms in total. The third kappa shape index (κ3) is 4.81. The Bertz CT molecular complexity index is 584. The molecule has 130 valence electrons. The fraction of sp³-hybridized carbons (Fsp3) is 0.500. The average Bonchev–Trinajstić information content (AvgIpc) is 2.60. The van der Waals surface area contributed by atoms with Gasteiger partial charge in [-0.25, -0.2) is 0 Å². The van der Waals surface area contributed by atoms with Gasteiger partial charge in [0.25, 0.3) is 5.91 Å². The molecule has 0 aliphatic carbocycles. The summed E-state index contributed by atoms with van der Waals surface area (Å²) in [6.07, 6.45) is 2.57. The molecule has 0 bridgehead atoms. The van der Waals surface area contributed by atoms with Crippen molar-refractivity contribution in [3.8, 4) is 0 Å². The van der Waals surface area contributed by atoms with Crippen LogP contribution in [-0.4, -0.2) is 42.8 Å². The first-order valence-electron chi connectivity index (χ1n) is 8.38. The zero-order valence-electron chi connectivity index (χ0n) is 14.2. The average molecular weight is 331 g/mol. The third-order valence-electron chi connectivity index (χ3n) is 4.25. The Labute approximate surface area is 142 Å². The van der Waals surface area contributed by atoms with Gasteiger partial charge in [0.1, 0.15) is 0 Å². The van der Waals surface area contributed by atoms with Crippen molar-refractivity contribution >= 4 is 23.9 Å². The number of carbonyl (C=O) groups is 3. The monoisotopic (exact) mass is 331 g/mol. The summed E-state index contributed by atoms with van der Waals surface area (Å²) in [6.45, 7) is 5.75. The second-order valence-electron chi connectivity index (χ2n) is 6.50. The summed E-state index contributed by atoms with van der Waals surface area (Å²) in [6, 6.07) is 6.87. The van der Waals surface area contributed by atoms with E-state index in [1.807, 2.05) is 18.7 Å². The van der Waals surface area contributed by atoms with Crippen molar-refractivity contribution in [3.63, 3.8) is 0 Å². The van der Waals surface area contributed by atoms with Crippen molar-refractivity contribution in [2.24, 2.45) is 11.8 Å². The predicted molar refractivity (Wildman–Crippen MR) is 92.6 cm³/mol. The van der Waals surface area contributed by atoms with Gasteiger partial charge in [-0.3, -0.25) is 14.4 Å². The van der Waals surface area contributed by atoms with E-state index in [1.165, 1.54) is 0 Å². The van der Waals surface area contributed by atoms with Crippen LogP contribution in [-0.2, 0) is 9.59 Å². The Kier molecular flexibility index (Phi) is 6.35. The van der Waals surface area contributed by atoms with Crippen LogP contribution in [0.15, 0.2) is 24.3 Å². The van der Waals surface area contributed by atoms with Gasteiger partial charge in [-0.05, 0) is 43.0 Å². The molecule has 1 aromatic carbocycles. The van der Waals surface area contributed by atoms with E-state index in [-0.39, 0.29) is 17.7 Å². The summed E-state index contributed by atoms with van der Waals surface area (Å²) < 4.78 is 0. The molecule has 6 heteroatoms. The molecule has 1 heterocycles. The van der Waals surface area contributed by atoms with E-state index < -0.39 is 0 Å². The van der Waals surface area contributed by atoms with Crippen LogP contribution in [0.4, 0.5) is 5.69 Å². The van der Waals surface area contributed by atoms with E-state index in [1.54, 1.807) is 24.3 Å². The maximum Gasteiger partial charge on any atom is 0.253 e. The van der Waals surface area contributed by atoms with Gasteiger partial charge in [0.15, 0.2) is 0 Å². The van der Waals surface area contributed by atoms with E-state index in [2.05, 4.69) is 10.6 Å². The molecule has 0 saturated carbocycles. The smallest absolute Gasteiger partial charge is 0.253 e. The maximum atomic E-state index is 12.6. The molecule has 1 fully saturated rings. The van der Waals surface area contributed by atoms with Crippen LogP contribution in [0.3, 0.4) is 0 Å². The first-order chi connectivity index (χ1) is 11.5. The van der Waals surface area contributed by atoms with Crippen molar-refractivity contribution < 1.29 is 14.4 Å². The van der Waals surface area contributed by atoms with Crippen molar-refractivity contribution in [1.29, 1.82) is 0 Å². The maximum absolute atomic E-state index is 12.6. The van der Waals surface area contributed by atoms with Gasteiger partial charge in [-0.1, -0.05) is 13.8 Å². The van der Waals surface area contributed by atoms with Crippen LogP contribution in [0.1, 0.15) is 37.0 Å². The number of carbonyl (C=O) groups excluding carboxylic acids is 3. The molecule has 1 unspecified atom stereocenters. The normalized spacial score (nSPS) is 17.5. The SMILES string of the molecule is CC(C)C(=O)NCC1CCCN(C(=O)c2ccc(NC=O)cc2)C1. The number of anilines is 1. The van der Waals surface area contributed by atoms with Crippen LogP contribution >= 0.6 is 0 Å². The summed E-state index contributed by atoms with van der Waals surface area (Å²) in [5, 5.41) is 5.51. The van der Waals surface area contributed by atoms with E-state index in [0.29, 0.717) is 36.7 Å². The molecule has 1 aliphatic rings. The Balaban J connectivity index is 1.92. The molecular formula is C18H25N3O3. The summed E-state index contributed by atoms with van der Waals surface area (Å²) in [5.41, 5.74) is 1.27. The molecule has 0 aromatic heterocycles. The van der Waals surface area contributed by atoms with Crippen molar-refractivity contribution in [2.75, 3.05) is 25.0 Å². The quantitative estimate of drug-likeness (QED) is 0.781. The molecular weight excluding hydrogens is 306 g/mol. The Hall–Kier alpha value is -2.37. The largest absolute Gasteiger partial charge is 0.356 e. The molecule has 0 radical (unpaired) electrons. The molecule has 2 N–H and O–H groups in total.